The van der Waals surface area contributed by atoms with Crippen LogP contribution in [0.15, 0.2) is 22.7 Å². The van der Waals surface area contributed by atoms with Gasteiger partial charge in [0.2, 0.25) is 0 Å². The minimum atomic E-state index is 0.000420. The first-order chi connectivity index (χ1) is 8.60. The molecule has 3 nitrogen and oxygen atoms in total. The van der Waals surface area contributed by atoms with Crippen LogP contribution in [0, 0.1) is 0 Å². The van der Waals surface area contributed by atoms with Gasteiger partial charge in [0.25, 0.3) is 5.91 Å². The minimum Gasteiger partial charge on any atom is -0.496 e. The second-order valence-electron chi connectivity index (χ2n) is 3.92. The number of hydrogen-bond acceptors (Lipinski definition) is 3. The molecule has 1 aromatic rings. The summed E-state index contributed by atoms with van der Waals surface area (Å²) < 4.78 is 6.15. The first kappa shape index (κ1) is 15.4. The smallest absolute Gasteiger partial charge is 0.257 e. The lowest BCUT2D eigenvalue weighted by Gasteiger charge is -2.18. The van der Waals surface area contributed by atoms with Crippen LogP contribution in [0.2, 0.25) is 0 Å². The number of halogens is 1. The topological polar surface area (TPSA) is 29.5 Å². The number of benzene rings is 1. The third-order valence-corrected chi connectivity index (χ3v) is 3.77. The highest BCUT2D eigenvalue weighted by Gasteiger charge is 2.16. The summed E-state index contributed by atoms with van der Waals surface area (Å²) in [5.41, 5.74) is 0.604. The van der Waals surface area contributed by atoms with Crippen molar-refractivity contribution in [2.75, 3.05) is 32.7 Å². The van der Waals surface area contributed by atoms with E-state index in [1.165, 1.54) is 0 Å². The summed E-state index contributed by atoms with van der Waals surface area (Å²) in [4.78, 5) is 14.0. The number of ether oxygens (including phenoxy) is 1. The standard InChI is InChI=1S/C13H18BrNO2S/c1-15(7-4-8-18-3)13(16)11-6-5-10(14)9-12(11)17-2/h5-6,9H,4,7-8H2,1-3H3. The molecule has 100 valence electrons. The highest BCUT2D eigenvalue weighted by Crippen LogP contribution is 2.24. The van der Waals surface area contributed by atoms with Gasteiger partial charge in [-0.15, -0.1) is 0 Å². The first-order valence-corrected chi connectivity index (χ1v) is 7.86. The van der Waals surface area contributed by atoms with Crippen molar-refractivity contribution in [3.63, 3.8) is 0 Å². The van der Waals surface area contributed by atoms with E-state index in [9.17, 15) is 4.79 Å². The Labute approximate surface area is 121 Å². The van der Waals surface area contributed by atoms with Crippen LogP contribution in [0.3, 0.4) is 0 Å². The summed E-state index contributed by atoms with van der Waals surface area (Å²) in [7, 11) is 3.40. The van der Waals surface area contributed by atoms with Crippen LogP contribution in [0.1, 0.15) is 16.8 Å². The lowest BCUT2D eigenvalue weighted by molar-refractivity contribution is 0.0792. The van der Waals surface area contributed by atoms with Crippen LogP contribution >= 0.6 is 27.7 Å². The molecule has 0 radical (unpaired) electrons. The van der Waals surface area contributed by atoms with Gasteiger partial charge in [-0.25, -0.2) is 0 Å². The molecule has 0 aromatic heterocycles. The van der Waals surface area contributed by atoms with Crippen LogP contribution in [-0.4, -0.2) is 43.5 Å². The van der Waals surface area contributed by atoms with E-state index >= 15 is 0 Å². The molecule has 0 aliphatic heterocycles. The van der Waals surface area contributed by atoms with Gasteiger partial charge in [-0.2, -0.15) is 11.8 Å². The summed E-state index contributed by atoms with van der Waals surface area (Å²) in [5.74, 6) is 1.67. The maximum atomic E-state index is 12.3. The summed E-state index contributed by atoms with van der Waals surface area (Å²) in [6.07, 6.45) is 3.07. The van der Waals surface area contributed by atoms with Crippen molar-refractivity contribution >= 4 is 33.6 Å². The fourth-order valence-corrected chi connectivity index (χ4v) is 2.35. The molecule has 0 fully saturated rings. The number of carbonyl (C=O) groups is 1. The van der Waals surface area contributed by atoms with E-state index in [1.807, 2.05) is 19.2 Å². The molecule has 0 aliphatic carbocycles. The molecule has 5 heteroatoms. The second-order valence-corrected chi connectivity index (χ2v) is 5.82. The zero-order valence-corrected chi connectivity index (χ0v) is 13.3. The molecule has 0 saturated carbocycles. The highest BCUT2D eigenvalue weighted by molar-refractivity contribution is 9.10. The van der Waals surface area contributed by atoms with E-state index in [0.717, 1.165) is 23.2 Å². The zero-order valence-electron chi connectivity index (χ0n) is 10.9. The molecule has 0 N–H and O–H groups in total. The SMILES string of the molecule is COc1cc(Br)ccc1C(=O)N(C)CCCSC. The predicted molar refractivity (Wildman–Crippen MR) is 80.7 cm³/mol. The second kappa shape index (κ2) is 7.69. The fourth-order valence-electron chi connectivity index (χ4n) is 1.59. The van der Waals surface area contributed by atoms with E-state index in [2.05, 4.69) is 22.2 Å². The Morgan fingerprint density at radius 1 is 1.50 bits per heavy atom. The molecule has 1 amide bonds. The third kappa shape index (κ3) is 4.21. The van der Waals surface area contributed by atoms with Gasteiger partial charge in [-0.1, -0.05) is 15.9 Å². The molecule has 18 heavy (non-hydrogen) atoms. The molecule has 0 spiro atoms. The predicted octanol–water partition coefficient (Wildman–Crippen LogP) is 3.28. The average Bonchev–Trinajstić information content (AvgIpc) is 2.37. The number of methoxy groups -OCH3 is 1. The average molecular weight is 332 g/mol. The summed E-state index contributed by atoms with van der Waals surface area (Å²) in [5, 5.41) is 0. The maximum Gasteiger partial charge on any atom is 0.257 e. The monoisotopic (exact) mass is 331 g/mol. The van der Waals surface area contributed by atoms with Gasteiger partial charge in [0.05, 0.1) is 12.7 Å². The first-order valence-electron chi connectivity index (χ1n) is 5.68. The zero-order chi connectivity index (χ0) is 13.5. The number of rotatable bonds is 6. The molecule has 1 aromatic carbocycles. The summed E-state index contributed by atoms with van der Waals surface area (Å²) >= 11 is 5.16. The van der Waals surface area contributed by atoms with Crippen molar-refractivity contribution < 1.29 is 9.53 Å². The lowest BCUT2D eigenvalue weighted by Crippen LogP contribution is -2.28. The van der Waals surface area contributed by atoms with Gasteiger partial charge < -0.3 is 9.64 Å². The summed E-state index contributed by atoms with van der Waals surface area (Å²) in [6.45, 7) is 0.763. The number of amides is 1. The minimum absolute atomic E-state index is 0.000420. The Kier molecular flexibility index (Phi) is 6.57. The van der Waals surface area contributed by atoms with E-state index < -0.39 is 0 Å². The number of hydrogen-bond donors (Lipinski definition) is 0. The van der Waals surface area contributed by atoms with E-state index in [4.69, 9.17) is 4.74 Å². The summed E-state index contributed by atoms with van der Waals surface area (Å²) in [6, 6.07) is 5.45. The van der Waals surface area contributed by atoms with Crippen LogP contribution in [-0.2, 0) is 0 Å². The Morgan fingerprint density at radius 3 is 2.83 bits per heavy atom. The Hall–Kier alpha value is -0.680. The van der Waals surface area contributed by atoms with Crippen LogP contribution < -0.4 is 4.74 Å². The number of thioether (sulfide) groups is 1. The largest absolute Gasteiger partial charge is 0.496 e. The normalized spacial score (nSPS) is 10.2. The molecule has 0 unspecified atom stereocenters. The van der Waals surface area contributed by atoms with Crippen molar-refractivity contribution in [2.24, 2.45) is 0 Å². The van der Waals surface area contributed by atoms with Crippen molar-refractivity contribution in [2.45, 2.75) is 6.42 Å². The fraction of sp³-hybridized carbons (Fsp3) is 0.462. The van der Waals surface area contributed by atoms with E-state index in [0.29, 0.717) is 11.3 Å². The quantitative estimate of drug-likeness (QED) is 0.749. The van der Waals surface area contributed by atoms with Gasteiger partial charge in [0, 0.05) is 18.1 Å². The molecular formula is C13H18BrNO2S. The van der Waals surface area contributed by atoms with Crippen molar-refractivity contribution in [3.05, 3.63) is 28.2 Å². The van der Waals surface area contributed by atoms with Crippen molar-refractivity contribution in [1.29, 1.82) is 0 Å². The maximum absolute atomic E-state index is 12.3. The van der Waals surface area contributed by atoms with Gasteiger partial charge >= 0.3 is 0 Å². The Morgan fingerprint density at radius 2 is 2.22 bits per heavy atom. The Balaban J connectivity index is 2.76. The molecule has 0 heterocycles. The molecule has 0 bridgehead atoms. The lowest BCUT2D eigenvalue weighted by atomic mass is 10.1. The Bertz CT molecular complexity index is 412. The number of carbonyl (C=O) groups excluding carboxylic acids is 1. The van der Waals surface area contributed by atoms with Gasteiger partial charge in [-0.3, -0.25) is 4.79 Å². The van der Waals surface area contributed by atoms with Crippen LogP contribution in [0.25, 0.3) is 0 Å². The van der Waals surface area contributed by atoms with Gasteiger partial charge in [0.15, 0.2) is 0 Å². The third-order valence-electron chi connectivity index (χ3n) is 2.58. The molecule has 0 atom stereocenters. The molecule has 0 aliphatic rings. The van der Waals surface area contributed by atoms with E-state index in [1.54, 1.807) is 29.8 Å². The van der Waals surface area contributed by atoms with Gasteiger partial charge in [-0.05, 0) is 36.6 Å². The van der Waals surface area contributed by atoms with Crippen LogP contribution in [0.4, 0.5) is 0 Å². The van der Waals surface area contributed by atoms with E-state index in [-0.39, 0.29) is 5.91 Å². The highest BCUT2D eigenvalue weighted by atomic mass is 79.9. The van der Waals surface area contributed by atoms with Gasteiger partial charge in [0.1, 0.15) is 5.75 Å². The molecular weight excluding hydrogens is 314 g/mol. The molecule has 1 rings (SSSR count). The number of nitrogens with zero attached hydrogens (tertiary/aromatic N) is 1. The van der Waals surface area contributed by atoms with Crippen LogP contribution in [0.5, 0.6) is 5.75 Å². The van der Waals surface area contributed by atoms with Crippen molar-refractivity contribution in [3.8, 4) is 5.75 Å². The molecule has 0 saturated heterocycles. The van der Waals surface area contributed by atoms with Crippen molar-refractivity contribution in [1.82, 2.24) is 4.90 Å².